The van der Waals surface area contributed by atoms with Crippen molar-refractivity contribution in [3.05, 3.63) is 71.8 Å². The van der Waals surface area contributed by atoms with Crippen LogP contribution in [0.25, 0.3) is 0 Å². The Kier molecular flexibility index (Phi) is 7.01. The normalized spacial score (nSPS) is 12.8. The van der Waals surface area contributed by atoms with Gasteiger partial charge in [-0.2, -0.15) is 0 Å². The van der Waals surface area contributed by atoms with Gasteiger partial charge in [-0.15, -0.1) is 0 Å². The molecule has 2 aromatic rings. The zero-order valence-electron chi connectivity index (χ0n) is 14.3. The highest BCUT2D eigenvalue weighted by molar-refractivity contribution is 5.82. The van der Waals surface area contributed by atoms with Crippen LogP contribution in [0.3, 0.4) is 0 Å². The zero-order chi connectivity index (χ0) is 18.1. The van der Waals surface area contributed by atoms with Crippen LogP contribution in [0.2, 0.25) is 0 Å². The molecule has 2 aromatic carbocycles. The molecule has 2 atom stereocenters. The summed E-state index contributed by atoms with van der Waals surface area (Å²) >= 11 is 0. The molecule has 0 radical (unpaired) electrons. The Morgan fingerprint density at radius 3 is 2.04 bits per heavy atom. The average molecular weight is 340 g/mol. The molecule has 3 N–H and O–H groups in total. The van der Waals surface area contributed by atoms with Gasteiger partial charge in [0.05, 0.1) is 0 Å². The molecular formula is C20H24N2O3. The van der Waals surface area contributed by atoms with E-state index < -0.39 is 18.0 Å². The molecule has 0 spiro atoms. The molecule has 0 aliphatic rings. The van der Waals surface area contributed by atoms with Crippen LogP contribution in [0.15, 0.2) is 60.7 Å². The van der Waals surface area contributed by atoms with Crippen molar-refractivity contribution in [1.82, 2.24) is 10.6 Å². The summed E-state index contributed by atoms with van der Waals surface area (Å²) in [4.78, 5) is 23.5. The van der Waals surface area contributed by atoms with E-state index in [1.165, 1.54) is 5.56 Å². The van der Waals surface area contributed by atoms with Gasteiger partial charge >= 0.3 is 12.0 Å². The van der Waals surface area contributed by atoms with Crippen molar-refractivity contribution >= 4 is 12.0 Å². The van der Waals surface area contributed by atoms with Gasteiger partial charge in [0.15, 0.2) is 0 Å². The molecule has 0 aliphatic heterocycles. The lowest BCUT2D eigenvalue weighted by atomic mass is 10.1. The predicted molar refractivity (Wildman–Crippen MR) is 97.5 cm³/mol. The Bertz CT molecular complexity index is 674. The van der Waals surface area contributed by atoms with Gasteiger partial charge in [-0.05, 0) is 30.9 Å². The molecule has 0 bridgehead atoms. The second kappa shape index (κ2) is 9.47. The average Bonchev–Trinajstić information content (AvgIpc) is 2.61. The number of carboxylic acids is 1. The first-order valence-corrected chi connectivity index (χ1v) is 8.42. The van der Waals surface area contributed by atoms with Crippen LogP contribution in [0, 0.1) is 0 Å². The molecule has 0 unspecified atom stereocenters. The van der Waals surface area contributed by atoms with Gasteiger partial charge in [0, 0.05) is 12.5 Å². The maximum absolute atomic E-state index is 12.1. The van der Waals surface area contributed by atoms with Gasteiger partial charge in [-0.3, -0.25) is 0 Å². The molecule has 132 valence electrons. The van der Waals surface area contributed by atoms with E-state index in [1.54, 1.807) is 0 Å². The van der Waals surface area contributed by atoms with Crippen molar-refractivity contribution in [3.8, 4) is 0 Å². The summed E-state index contributed by atoms with van der Waals surface area (Å²) in [7, 11) is 0. The number of urea groups is 1. The minimum Gasteiger partial charge on any atom is -0.480 e. The zero-order valence-corrected chi connectivity index (χ0v) is 14.3. The second-order valence-electron chi connectivity index (χ2n) is 6.12. The number of amides is 2. The number of nitrogens with one attached hydrogen (secondary N) is 2. The molecule has 0 aromatic heterocycles. The fourth-order valence-electron chi connectivity index (χ4n) is 2.57. The summed E-state index contributed by atoms with van der Waals surface area (Å²) in [6, 6.07) is 17.8. The Balaban J connectivity index is 1.81. The predicted octanol–water partition coefficient (Wildman–Crippen LogP) is 3.00. The van der Waals surface area contributed by atoms with E-state index in [4.69, 9.17) is 0 Å². The smallest absolute Gasteiger partial charge is 0.326 e. The van der Waals surface area contributed by atoms with Crippen LogP contribution in [0.1, 0.15) is 24.5 Å². The fraction of sp³-hybridized carbons (Fsp3) is 0.300. The molecular weight excluding hydrogens is 316 g/mol. The summed E-state index contributed by atoms with van der Waals surface area (Å²) in [5.74, 6) is -1.05. The van der Waals surface area contributed by atoms with Gasteiger partial charge in [-0.1, -0.05) is 60.7 Å². The minimum absolute atomic E-state index is 0.0497. The number of carbonyl (C=O) groups excluding carboxylic acids is 1. The van der Waals surface area contributed by atoms with Gasteiger partial charge in [0.25, 0.3) is 0 Å². The standard InChI is InChI=1S/C20H24N2O3/c1-15(12-13-16-8-4-2-5-9-16)21-20(25)22-18(19(23)24)14-17-10-6-3-7-11-17/h2-11,15,18H,12-14H2,1H3,(H,23,24)(H2,21,22,25)/t15-,18+/m1/s1. The third-order valence-corrected chi connectivity index (χ3v) is 3.97. The number of aryl methyl sites for hydroxylation is 1. The van der Waals surface area contributed by atoms with Crippen LogP contribution in [-0.4, -0.2) is 29.2 Å². The van der Waals surface area contributed by atoms with Crippen LogP contribution >= 0.6 is 0 Å². The van der Waals surface area contributed by atoms with E-state index >= 15 is 0 Å². The van der Waals surface area contributed by atoms with Crippen LogP contribution in [0.5, 0.6) is 0 Å². The van der Waals surface area contributed by atoms with Gasteiger partial charge in [0.2, 0.25) is 0 Å². The third-order valence-electron chi connectivity index (χ3n) is 3.97. The highest BCUT2D eigenvalue weighted by Gasteiger charge is 2.21. The van der Waals surface area contributed by atoms with Crippen molar-refractivity contribution in [2.45, 2.75) is 38.3 Å². The molecule has 2 rings (SSSR count). The summed E-state index contributed by atoms with van der Waals surface area (Å²) in [5.41, 5.74) is 2.08. The number of rotatable bonds is 8. The minimum atomic E-state index is -1.05. The maximum atomic E-state index is 12.1. The van der Waals surface area contributed by atoms with Crippen LogP contribution in [-0.2, 0) is 17.6 Å². The van der Waals surface area contributed by atoms with Crippen LogP contribution < -0.4 is 10.6 Å². The Morgan fingerprint density at radius 1 is 0.920 bits per heavy atom. The van der Waals surface area contributed by atoms with Crippen molar-refractivity contribution in [1.29, 1.82) is 0 Å². The van der Waals surface area contributed by atoms with Crippen molar-refractivity contribution in [3.63, 3.8) is 0 Å². The number of carbonyl (C=O) groups is 2. The van der Waals surface area contributed by atoms with Crippen molar-refractivity contribution < 1.29 is 14.7 Å². The lowest BCUT2D eigenvalue weighted by Gasteiger charge is -2.18. The van der Waals surface area contributed by atoms with Crippen molar-refractivity contribution in [2.24, 2.45) is 0 Å². The molecule has 25 heavy (non-hydrogen) atoms. The van der Waals surface area contributed by atoms with Crippen molar-refractivity contribution in [2.75, 3.05) is 0 Å². The number of benzene rings is 2. The molecule has 0 saturated carbocycles. The molecule has 5 heteroatoms. The van der Waals surface area contributed by atoms with E-state index in [2.05, 4.69) is 10.6 Å². The molecule has 5 nitrogen and oxygen atoms in total. The first-order chi connectivity index (χ1) is 12.0. The molecule has 0 aliphatic carbocycles. The second-order valence-corrected chi connectivity index (χ2v) is 6.12. The summed E-state index contributed by atoms with van der Waals surface area (Å²) in [6.07, 6.45) is 1.89. The Hall–Kier alpha value is -2.82. The van der Waals surface area contributed by atoms with E-state index in [9.17, 15) is 14.7 Å². The lowest BCUT2D eigenvalue weighted by Crippen LogP contribution is -2.49. The van der Waals surface area contributed by atoms with Crippen LogP contribution in [0.4, 0.5) is 4.79 Å². The summed E-state index contributed by atoms with van der Waals surface area (Å²) < 4.78 is 0. The highest BCUT2D eigenvalue weighted by Crippen LogP contribution is 2.06. The maximum Gasteiger partial charge on any atom is 0.326 e. The summed E-state index contributed by atoms with van der Waals surface area (Å²) in [6.45, 7) is 1.91. The highest BCUT2D eigenvalue weighted by atomic mass is 16.4. The van der Waals surface area contributed by atoms with Gasteiger partial charge < -0.3 is 15.7 Å². The third kappa shape index (κ3) is 6.67. The number of hydrogen-bond acceptors (Lipinski definition) is 2. The monoisotopic (exact) mass is 340 g/mol. The first-order valence-electron chi connectivity index (χ1n) is 8.42. The first kappa shape index (κ1) is 18.5. The number of hydrogen-bond donors (Lipinski definition) is 3. The SMILES string of the molecule is C[C@H](CCc1ccccc1)NC(=O)N[C@@H](Cc1ccccc1)C(=O)O. The summed E-state index contributed by atoms with van der Waals surface area (Å²) in [5, 5.41) is 14.7. The van der Waals surface area contributed by atoms with E-state index in [0.29, 0.717) is 0 Å². The molecule has 0 heterocycles. The Labute approximate surface area is 148 Å². The Morgan fingerprint density at radius 2 is 1.48 bits per heavy atom. The molecule has 0 fully saturated rings. The van der Waals surface area contributed by atoms with E-state index in [0.717, 1.165) is 18.4 Å². The van der Waals surface area contributed by atoms with Gasteiger partial charge in [0.1, 0.15) is 6.04 Å². The topological polar surface area (TPSA) is 78.4 Å². The van der Waals surface area contributed by atoms with E-state index in [-0.39, 0.29) is 12.5 Å². The molecule has 2 amide bonds. The molecule has 0 saturated heterocycles. The number of carboxylic acid groups (broad SMARTS) is 1. The fourth-order valence-corrected chi connectivity index (χ4v) is 2.57. The van der Waals surface area contributed by atoms with E-state index in [1.807, 2.05) is 67.6 Å². The largest absolute Gasteiger partial charge is 0.480 e. The quantitative estimate of drug-likeness (QED) is 0.691. The lowest BCUT2D eigenvalue weighted by molar-refractivity contribution is -0.139. The van der Waals surface area contributed by atoms with Gasteiger partial charge in [-0.25, -0.2) is 9.59 Å². The number of aliphatic carboxylic acids is 1.